The second-order valence-electron chi connectivity index (χ2n) is 16.6. The second-order valence-corrected chi connectivity index (χ2v) is 17.0. The summed E-state index contributed by atoms with van der Waals surface area (Å²) in [6.45, 7) is 16.2. The standard InChI is InChI=1S/C19H21FN6.C18H28BFN2O2.C7H5ClN4/c20-14-9-13(10-15(11-14)22-5-8-26-6-1-2-7-26)16-3-4-17-18(25-16)19(21)24-12-23-17;1-17(2)18(3,4)24-19(23-17)14-11-15(20)13-16(12-14)21-7-10-22-8-5-6-9-22;8-5-2-1-4-6(12-5)7(9)11-3-10-4/h3-4,9-12,22H,1-2,5-8H2,(H2,21,23,24);11-13,21H,5-10H2,1-4H3;1-3H,(H2,9,10,11). The number of pyridine rings is 2. The summed E-state index contributed by atoms with van der Waals surface area (Å²) in [4.78, 5) is 29.2. The minimum absolute atomic E-state index is 0.272. The van der Waals surface area contributed by atoms with Crippen molar-refractivity contribution >= 4 is 69.3 Å². The number of anilines is 4. The molecule has 9 rings (SSSR count). The largest absolute Gasteiger partial charge is 0.495 e. The predicted molar refractivity (Wildman–Crippen MR) is 244 cm³/mol. The van der Waals surface area contributed by atoms with E-state index < -0.39 is 18.3 Å². The van der Waals surface area contributed by atoms with Crippen LogP contribution < -0.4 is 27.6 Å². The van der Waals surface area contributed by atoms with Crippen LogP contribution in [0.5, 0.6) is 0 Å². The molecule has 3 aliphatic rings. The summed E-state index contributed by atoms with van der Waals surface area (Å²) in [5.74, 6) is 0.0935. The number of halogens is 3. The van der Waals surface area contributed by atoms with Gasteiger partial charge in [-0.15, -0.1) is 0 Å². The van der Waals surface area contributed by atoms with E-state index in [0.29, 0.717) is 50.1 Å². The van der Waals surface area contributed by atoms with Crippen molar-refractivity contribution in [3.63, 3.8) is 0 Å². The molecule has 0 bridgehead atoms. The van der Waals surface area contributed by atoms with Crippen molar-refractivity contribution in [2.45, 2.75) is 64.6 Å². The van der Waals surface area contributed by atoms with E-state index in [0.717, 1.165) is 56.1 Å². The third-order valence-electron chi connectivity index (χ3n) is 11.5. The monoisotopic (exact) mass is 866 g/mol. The molecule has 62 heavy (non-hydrogen) atoms. The highest BCUT2D eigenvalue weighted by Crippen LogP contribution is 2.36. The van der Waals surface area contributed by atoms with Gasteiger partial charge in [-0.05, 0) is 146 Å². The minimum atomic E-state index is -0.537. The first-order valence-corrected chi connectivity index (χ1v) is 21.4. The first kappa shape index (κ1) is 44.7. The molecule has 6 N–H and O–H groups in total. The molecule has 7 heterocycles. The van der Waals surface area contributed by atoms with Gasteiger partial charge in [0.1, 0.15) is 40.5 Å². The fourth-order valence-corrected chi connectivity index (χ4v) is 7.60. The van der Waals surface area contributed by atoms with Crippen LogP contribution in [0.3, 0.4) is 0 Å². The number of nitrogens with two attached hydrogens (primary N) is 2. The molecular formula is C44H54BClF2N12O2. The zero-order valence-corrected chi connectivity index (χ0v) is 36.4. The Labute approximate surface area is 366 Å². The highest BCUT2D eigenvalue weighted by atomic mass is 35.5. The van der Waals surface area contributed by atoms with E-state index in [1.165, 1.54) is 75.7 Å². The van der Waals surface area contributed by atoms with Crippen LogP contribution in [0.25, 0.3) is 33.3 Å². The number of likely N-dealkylation sites (tertiary alicyclic amines) is 2. The van der Waals surface area contributed by atoms with E-state index >= 15 is 0 Å². The van der Waals surface area contributed by atoms with Crippen molar-refractivity contribution in [2.24, 2.45) is 0 Å². The molecule has 2 aromatic carbocycles. The molecule has 4 aromatic heterocycles. The number of hydrogen-bond donors (Lipinski definition) is 4. The van der Waals surface area contributed by atoms with Gasteiger partial charge in [-0.2, -0.15) is 0 Å². The summed E-state index contributed by atoms with van der Waals surface area (Å²) in [5, 5.41) is 7.03. The molecule has 0 spiro atoms. The summed E-state index contributed by atoms with van der Waals surface area (Å²) < 4.78 is 40.2. The average Bonchev–Trinajstić information content (AvgIpc) is 4.00. The van der Waals surface area contributed by atoms with Gasteiger partial charge in [0, 0.05) is 43.1 Å². The van der Waals surface area contributed by atoms with Gasteiger partial charge in [-0.25, -0.2) is 38.7 Å². The molecule has 0 radical (unpaired) electrons. The number of fused-ring (bicyclic) bond motifs is 2. The Hall–Kier alpha value is -5.33. The third kappa shape index (κ3) is 11.4. The number of nitrogens with one attached hydrogen (secondary N) is 2. The molecule has 6 aromatic rings. The lowest BCUT2D eigenvalue weighted by atomic mass is 9.79. The zero-order valence-electron chi connectivity index (χ0n) is 35.7. The number of nitrogen functional groups attached to an aromatic ring is 2. The van der Waals surface area contributed by atoms with E-state index in [9.17, 15) is 8.78 Å². The first-order valence-electron chi connectivity index (χ1n) is 21.0. The predicted octanol–water partition coefficient (Wildman–Crippen LogP) is 6.81. The molecular weight excluding hydrogens is 813 g/mol. The number of nitrogens with zero attached hydrogens (tertiary/aromatic N) is 8. The fourth-order valence-electron chi connectivity index (χ4n) is 7.45. The van der Waals surface area contributed by atoms with Gasteiger partial charge in [0.15, 0.2) is 11.6 Å². The van der Waals surface area contributed by atoms with E-state index in [2.05, 4.69) is 50.3 Å². The summed E-state index contributed by atoms with van der Waals surface area (Å²) in [6, 6.07) is 16.9. The minimum Gasteiger partial charge on any atom is -0.399 e. The van der Waals surface area contributed by atoms with E-state index in [4.69, 9.17) is 32.4 Å². The zero-order chi connectivity index (χ0) is 43.9. The van der Waals surface area contributed by atoms with Crippen LogP contribution >= 0.6 is 11.6 Å². The number of benzene rings is 2. The number of rotatable bonds is 10. The molecule has 18 heteroatoms. The van der Waals surface area contributed by atoms with Crippen molar-refractivity contribution in [1.29, 1.82) is 0 Å². The van der Waals surface area contributed by atoms with E-state index in [-0.39, 0.29) is 11.6 Å². The molecule has 14 nitrogen and oxygen atoms in total. The van der Waals surface area contributed by atoms with Gasteiger partial charge in [-0.1, -0.05) is 11.6 Å². The van der Waals surface area contributed by atoms with Crippen molar-refractivity contribution in [1.82, 2.24) is 39.7 Å². The smallest absolute Gasteiger partial charge is 0.399 e. The van der Waals surface area contributed by atoms with Crippen LogP contribution in [0.2, 0.25) is 5.15 Å². The Morgan fingerprint density at radius 2 is 1.16 bits per heavy atom. The molecule has 0 unspecified atom stereocenters. The molecule has 3 saturated heterocycles. The third-order valence-corrected chi connectivity index (χ3v) is 11.7. The normalized spacial score (nSPS) is 17.1. The highest BCUT2D eigenvalue weighted by molar-refractivity contribution is 6.62. The van der Waals surface area contributed by atoms with Crippen molar-refractivity contribution in [3.05, 3.63) is 90.1 Å². The maximum absolute atomic E-state index is 14.1. The first-order chi connectivity index (χ1) is 29.7. The second kappa shape index (κ2) is 19.8. The Morgan fingerprint density at radius 3 is 1.73 bits per heavy atom. The quantitative estimate of drug-likeness (QED) is 0.0834. The molecule has 326 valence electrons. The summed E-state index contributed by atoms with van der Waals surface area (Å²) in [5.41, 5.74) is 16.6. The van der Waals surface area contributed by atoms with Gasteiger partial charge in [0.2, 0.25) is 0 Å². The lowest BCUT2D eigenvalue weighted by Gasteiger charge is -2.32. The Kier molecular flexibility index (Phi) is 14.3. The van der Waals surface area contributed by atoms with Crippen molar-refractivity contribution in [2.75, 3.05) is 74.5 Å². The van der Waals surface area contributed by atoms with Crippen LogP contribution in [0.4, 0.5) is 31.8 Å². The van der Waals surface area contributed by atoms with Crippen LogP contribution in [-0.4, -0.2) is 110 Å². The van der Waals surface area contributed by atoms with Crippen LogP contribution in [-0.2, 0) is 9.31 Å². The molecule has 0 atom stereocenters. The molecule has 0 amide bonds. The summed E-state index contributed by atoms with van der Waals surface area (Å²) >= 11 is 5.67. The summed E-state index contributed by atoms with van der Waals surface area (Å²) in [6.07, 6.45) is 7.91. The van der Waals surface area contributed by atoms with Gasteiger partial charge < -0.3 is 41.2 Å². The Balaban J connectivity index is 0.000000149. The topological polar surface area (TPSA) is 178 Å². The average molecular weight is 867 g/mol. The van der Waals surface area contributed by atoms with Crippen molar-refractivity contribution in [3.8, 4) is 11.3 Å². The van der Waals surface area contributed by atoms with Gasteiger partial charge in [0.25, 0.3) is 0 Å². The summed E-state index contributed by atoms with van der Waals surface area (Å²) in [7, 11) is -0.537. The highest BCUT2D eigenvalue weighted by Gasteiger charge is 2.51. The molecule has 0 aliphatic carbocycles. The lowest BCUT2D eigenvalue weighted by molar-refractivity contribution is 0.00578. The van der Waals surface area contributed by atoms with E-state index in [1.807, 2.05) is 52.0 Å². The number of aromatic nitrogens is 6. The maximum atomic E-state index is 14.1. The lowest BCUT2D eigenvalue weighted by Crippen LogP contribution is -2.41. The van der Waals surface area contributed by atoms with Gasteiger partial charge in [0.05, 0.1) is 27.9 Å². The van der Waals surface area contributed by atoms with Crippen LogP contribution in [0.1, 0.15) is 53.4 Å². The molecule has 3 aliphatic heterocycles. The Morgan fingerprint density at radius 1 is 0.661 bits per heavy atom. The van der Waals surface area contributed by atoms with Crippen molar-refractivity contribution < 1.29 is 18.1 Å². The Bertz CT molecular complexity index is 2460. The van der Waals surface area contributed by atoms with Crippen LogP contribution in [0.15, 0.2) is 73.3 Å². The van der Waals surface area contributed by atoms with Gasteiger partial charge >= 0.3 is 7.12 Å². The van der Waals surface area contributed by atoms with E-state index in [1.54, 1.807) is 12.1 Å². The molecule has 0 saturated carbocycles. The fraction of sp³-hybridized carbons (Fsp3) is 0.409. The molecule has 3 fully saturated rings. The maximum Gasteiger partial charge on any atom is 0.495 e. The van der Waals surface area contributed by atoms with Crippen LogP contribution in [0, 0.1) is 11.6 Å². The van der Waals surface area contributed by atoms with Gasteiger partial charge in [-0.3, -0.25) is 0 Å². The SMILES string of the molecule is CC1(C)OB(c2cc(F)cc(NCCN3CCCC3)c2)OC1(C)C.Nc1ncnc2ccc(-c3cc(F)cc(NCCN4CCCC4)c3)nc12.Nc1ncnc2ccc(Cl)nc12. The number of hydrogen-bond acceptors (Lipinski definition) is 14.